The number of nitrogens with two attached hydrogens (primary N) is 1. The second-order valence-corrected chi connectivity index (χ2v) is 4.36. The molecule has 0 saturated carbocycles. The van der Waals surface area contributed by atoms with Crippen LogP contribution < -0.4 is 15.4 Å². The predicted octanol–water partition coefficient (Wildman–Crippen LogP) is 2.19. The zero-order chi connectivity index (χ0) is 13.7. The van der Waals surface area contributed by atoms with E-state index in [-0.39, 0.29) is 0 Å². The third kappa shape index (κ3) is 3.03. The Morgan fingerprint density at radius 1 is 1.16 bits per heavy atom. The third-order valence-corrected chi connectivity index (χ3v) is 3.07. The molecule has 1 heterocycles. The smallest absolute Gasteiger partial charge is 0.218 e. The van der Waals surface area contributed by atoms with Gasteiger partial charge in [0.15, 0.2) is 0 Å². The van der Waals surface area contributed by atoms with E-state index in [9.17, 15) is 0 Å². The lowest BCUT2D eigenvalue weighted by Crippen LogP contribution is -2.19. The Balaban J connectivity index is 2.23. The summed E-state index contributed by atoms with van der Waals surface area (Å²) >= 11 is 0. The normalized spacial score (nSPS) is 10.3. The van der Waals surface area contributed by atoms with Crippen LogP contribution in [0.3, 0.4) is 0 Å². The second-order valence-electron chi connectivity index (χ2n) is 4.36. The summed E-state index contributed by atoms with van der Waals surface area (Å²) in [5.41, 5.74) is 9.10. The minimum Gasteiger partial charge on any atom is -0.481 e. The van der Waals surface area contributed by atoms with Gasteiger partial charge in [-0.05, 0) is 17.7 Å². The fourth-order valence-corrected chi connectivity index (χ4v) is 2.12. The maximum Gasteiger partial charge on any atom is 0.218 e. The number of anilines is 1. The van der Waals surface area contributed by atoms with E-state index in [4.69, 9.17) is 10.5 Å². The second kappa shape index (κ2) is 6.20. The van der Waals surface area contributed by atoms with Gasteiger partial charge in [0.1, 0.15) is 0 Å². The number of hydrogen-bond acceptors (Lipinski definition) is 4. The Bertz CT molecular complexity index is 542. The van der Waals surface area contributed by atoms with Gasteiger partial charge in [0.05, 0.1) is 7.11 Å². The average molecular weight is 257 g/mol. The van der Waals surface area contributed by atoms with Gasteiger partial charge in [0.2, 0.25) is 5.88 Å². The molecule has 0 amide bonds. The topological polar surface area (TPSA) is 51.4 Å². The Labute approximate surface area is 113 Å². The Morgan fingerprint density at radius 3 is 2.63 bits per heavy atom. The molecular formula is C15H19N3O. The highest BCUT2D eigenvalue weighted by atomic mass is 16.5. The minimum absolute atomic E-state index is 0.532. The standard InChI is InChI=1S/C15H19N3O/c1-18(14-8-4-3-6-12(14)10-16)11-13-7-5-9-17-15(13)19-2/h3-9H,10-11,16H2,1-2H3. The van der Waals surface area contributed by atoms with Crippen LogP contribution in [0.1, 0.15) is 11.1 Å². The van der Waals surface area contributed by atoms with Crippen molar-refractivity contribution in [1.82, 2.24) is 4.98 Å². The van der Waals surface area contributed by atoms with Crippen LogP contribution in [0.2, 0.25) is 0 Å². The summed E-state index contributed by atoms with van der Waals surface area (Å²) in [5, 5.41) is 0. The van der Waals surface area contributed by atoms with Gasteiger partial charge in [0.25, 0.3) is 0 Å². The van der Waals surface area contributed by atoms with Crippen LogP contribution in [-0.2, 0) is 13.1 Å². The molecule has 19 heavy (non-hydrogen) atoms. The van der Waals surface area contributed by atoms with Crippen molar-refractivity contribution in [3.8, 4) is 5.88 Å². The highest BCUT2D eigenvalue weighted by Crippen LogP contribution is 2.23. The number of rotatable bonds is 5. The van der Waals surface area contributed by atoms with Gasteiger partial charge in [-0.15, -0.1) is 0 Å². The lowest BCUT2D eigenvalue weighted by Gasteiger charge is -2.22. The van der Waals surface area contributed by atoms with Crippen LogP contribution in [0.15, 0.2) is 42.6 Å². The maximum absolute atomic E-state index is 5.77. The van der Waals surface area contributed by atoms with Gasteiger partial charge in [-0.1, -0.05) is 24.3 Å². The molecule has 2 aromatic rings. The van der Waals surface area contributed by atoms with Crippen LogP contribution in [0.4, 0.5) is 5.69 Å². The number of methoxy groups -OCH3 is 1. The summed E-state index contributed by atoms with van der Waals surface area (Å²) in [6.07, 6.45) is 1.73. The lowest BCUT2D eigenvalue weighted by atomic mass is 10.1. The number of ether oxygens (including phenoxy) is 1. The summed E-state index contributed by atoms with van der Waals surface area (Å²) < 4.78 is 5.28. The minimum atomic E-state index is 0.532. The largest absolute Gasteiger partial charge is 0.481 e. The first-order chi connectivity index (χ1) is 9.26. The molecule has 4 nitrogen and oxygen atoms in total. The van der Waals surface area contributed by atoms with E-state index in [0.717, 1.165) is 23.4 Å². The molecule has 1 aromatic heterocycles. The molecule has 4 heteroatoms. The van der Waals surface area contributed by atoms with E-state index >= 15 is 0 Å². The predicted molar refractivity (Wildman–Crippen MR) is 77.2 cm³/mol. The summed E-state index contributed by atoms with van der Waals surface area (Å²) in [4.78, 5) is 6.37. The number of para-hydroxylation sites is 1. The van der Waals surface area contributed by atoms with Crippen molar-refractivity contribution >= 4 is 5.69 Å². The van der Waals surface area contributed by atoms with Gasteiger partial charge in [-0.25, -0.2) is 4.98 Å². The first-order valence-electron chi connectivity index (χ1n) is 6.23. The number of pyridine rings is 1. The molecule has 0 aliphatic heterocycles. The van der Waals surface area contributed by atoms with Gasteiger partial charge in [-0.3, -0.25) is 0 Å². The average Bonchev–Trinajstić information content (AvgIpc) is 2.47. The number of nitrogens with zero attached hydrogens (tertiary/aromatic N) is 2. The fourth-order valence-electron chi connectivity index (χ4n) is 2.12. The summed E-state index contributed by atoms with van der Waals surface area (Å²) in [5.74, 6) is 0.666. The number of benzene rings is 1. The molecule has 2 N–H and O–H groups in total. The molecule has 0 spiro atoms. The molecule has 0 fully saturated rings. The van der Waals surface area contributed by atoms with Crippen molar-refractivity contribution in [3.05, 3.63) is 53.7 Å². The van der Waals surface area contributed by atoms with Crippen LogP contribution in [0.25, 0.3) is 0 Å². The molecule has 0 saturated heterocycles. The molecule has 2 rings (SSSR count). The van der Waals surface area contributed by atoms with Gasteiger partial charge in [0, 0.05) is 37.6 Å². The summed E-state index contributed by atoms with van der Waals surface area (Å²) in [6, 6.07) is 12.1. The first kappa shape index (κ1) is 13.4. The van der Waals surface area contributed by atoms with Crippen LogP contribution in [0, 0.1) is 0 Å². The molecule has 0 radical (unpaired) electrons. The fraction of sp³-hybridized carbons (Fsp3) is 0.267. The van der Waals surface area contributed by atoms with E-state index in [1.165, 1.54) is 0 Å². The molecule has 0 unspecified atom stereocenters. The van der Waals surface area contributed by atoms with Gasteiger partial charge in [-0.2, -0.15) is 0 Å². The zero-order valence-corrected chi connectivity index (χ0v) is 11.3. The van der Waals surface area contributed by atoms with Gasteiger partial charge >= 0.3 is 0 Å². The van der Waals surface area contributed by atoms with Crippen molar-refractivity contribution in [1.29, 1.82) is 0 Å². The quantitative estimate of drug-likeness (QED) is 0.892. The van der Waals surface area contributed by atoms with E-state index in [0.29, 0.717) is 12.4 Å². The SMILES string of the molecule is COc1ncccc1CN(C)c1ccccc1CN. The van der Waals surface area contributed by atoms with E-state index in [1.807, 2.05) is 37.4 Å². The molecule has 1 aromatic carbocycles. The van der Waals surface area contributed by atoms with Crippen molar-refractivity contribution < 1.29 is 4.74 Å². The summed E-state index contributed by atoms with van der Waals surface area (Å²) in [7, 11) is 3.68. The Morgan fingerprint density at radius 2 is 1.89 bits per heavy atom. The highest BCUT2D eigenvalue weighted by molar-refractivity contribution is 5.53. The Kier molecular flexibility index (Phi) is 4.36. The van der Waals surface area contributed by atoms with E-state index in [2.05, 4.69) is 16.0 Å². The van der Waals surface area contributed by atoms with E-state index in [1.54, 1.807) is 13.3 Å². The molecule has 0 aliphatic carbocycles. The van der Waals surface area contributed by atoms with Crippen molar-refractivity contribution in [2.75, 3.05) is 19.1 Å². The Hall–Kier alpha value is -2.07. The summed E-state index contributed by atoms with van der Waals surface area (Å²) in [6.45, 7) is 1.26. The van der Waals surface area contributed by atoms with Crippen LogP contribution in [0.5, 0.6) is 5.88 Å². The van der Waals surface area contributed by atoms with Crippen molar-refractivity contribution in [2.24, 2.45) is 5.73 Å². The monoisotopic (exact) mass is 257 g/mol. The number of hydrogen-bond donors (Lipinski definition) is 1. The third-order valence-electron chi connectivity index (χ3n) is 3.07. The van der Waals surface area contributed by atoms with Crippen molar-refractivity contribution in [3.63, 3.8) is 0 Å². The number of aromatic nitrogens is 1. The molecule has 0 aliphatic rings. The maximum atomic E-state index is 5.77. The van der Waals surface area contributed by atoms with E-state index < -0.39 is 0 Å². The molecule has 100 valence electrons. The van der Waals surface area contributed by atoms with Crippen LogP contribution >= 0.6 is 0 Å². The highest BCUT2D eigenvalue weighted by Gasteiger charge is 2.10. The molecule has 0 bridgehead atoms. The van der Waals surface area contributed by atoms with Crippen LogP contribution in [-0.4, -0.2) is 19.1 Å². The lowest BCUT2D eigenvalue weighted by molar-refractivity contribution is 0.392. The zero-order valence-electron chi connectivity index (χ0n) is 11.3. The van der Waals surface area contributed by atoms with Gasteiger partial charge < -0.3 is 15.4 Å². The first-order valence-corrected chi connectivity index (χ1v) is 6.23. The molecule has 0 atom stereocenters. The van der Waals surface area contributed by atoms with Crippen molar-refractivity contribution in [2.45, 2.75) is 13.1 Å². The molecular weight excluding hydrogens is 238 g/mol.